The normalized spacial score (nSPS) is 45.7. The number of carbonyl (C=O) groups is 4. The Labute approximate surface area is 241 Å². The number of aliphatic carboxylic acids is 1. The van der Waals surface area contributed by atoms with Gasteiger partial charge in [-0.2, -0.15) is 0 Å². The highest BCUT2D eigenvalue weighted by Crippen LogP contribution is 2.68. The summed E-state index contributed by atoms with van der Waals surface area (Å²) in [5, 5.41) is 33.2. The molecule has 1 amide bonds. The van der Waals surface area contributed by atoms with Crippen LogP contribution in [-0.4, -0.2) is 61.6 Å². The molecule has 224 valence electrons. The fourth-order valence-electron chi connectivity index (χ4n) is 10.3. The summed E-state index contributed by atoms with van der Waals surface area (Å²) in [5.74, 6) is 0.234. The van der Waals surface area contributed by atoms with E-state index in [-0.39, 0.29) is 47.7 Å². The second-order valence-electron chi connectivity index (χ2n) is 14.4. The minimum Gasteiger partial charge on any atom is -0.481 e. The molecule has 4 N–H and O–H groups in total. The summed E-state index contributed by atoms with van der Waals surface area (Å²) in [6, 6.07) is 0. The molecule has 11 atom stereocenters. The summed E-state index contributed by atoms with van der Waals surface area (Å²) in [6.07, 6.45) is 7.72. The van der Waals surface area contributed by atoms with Gasteiger partial charge in [-0.3, -0.25) is 19.2 Å². The maximum absolute atomic E-state index is 13.0. The monoisotopic (exact) mass is 577 g/mol. The molecule has 1 aliphatic heterocycles. The average Bonchev–Trinajstić information content (AvgIpc) is 3.23. The van der Waals surface area contributed by atoms with E-state index in [0.29, 0.717) is 41.8 Å². The van der Waals surface area contributed by atoms with E-state index in [1.165, 1.54) is 0 Å². The van der Waals surface area contributed by atoms with E-state index in [9.17, 15) is 34.5 Å². The van der Waals surface area contributed by atoms with E-state index in [1.807, 2.05) is 0 Å². The van der Waals surface area contributed by atoms with Crippen LogP contribution >= 0.6 is 11.8 Å². The molecule has 0 aromatic carbocycles. The molecule has 0 aromatic rings. The molecule has 0 bridgehead atoms. The Morgan fingerprint density at radius 3 is 2.42 bits per heavy atom. The van der Waals surface area contributed by atoms with Crippen molar-refractivity contribution in [1.82, 2.24) is 5.32 Å². The number of nitrogens with one attached hydrogen (secondary N) is 1. The smallest absolute Gasteiger partial charge is 0.306 e. The molecule has 40 heavy (non-hydrogen) atoms. The number of carbonyl (C=O) groups excluding carboxylic acids is 3. The van der Waals surface area contributed by atoms with Gasteiger partial charge in [0.1, 0.15) is 5.54 Å². The molecule has 0 spiro atoms. The van der Waals surface area contributed by atoms with Gasteiger partial charge in [0.15, 0.2) is 0 Å². The summed E-state index contributed by atoms with van der Waals surface area (Å²) < 4.78 is 0. The van der Waals surface area contributed by atoms with Gasteiger partial charge >= 0.3 is 5.97 Å². The molecule has 1 heterocycles. The van der Waals surface area contributed by atoms with Crippen molar-refractivity contribution in [3.63, 3.8) is 0 Å². The van der Waals surface area contributed by atoms with Crippen molar-refractivity contribution in [3.05, 3.63) is 0 Å². The van der Waals surface area contributed by atoms with Crippen LogP contribution < -0.4 is 5.32 Å². The molecule has 8 nitrogen and oxygen atoms in total. The van der Waals surface area contributed by atoms with Crippen LogP contribution in [0, 0.1) is 46.3 Å². The molecule has 5 aliphatic rings. The molecule has 5 rings (SSSR count). The first-order valence-electron chi connectivity index (χ1n) is 15.4. The molecule has 1 saturated heterocycles. The Hall–Kier alpha value is -1.45. The zero-order valence-corrected chi connectivity index (χ0v) is 25.0. The highest BCUT2D eigenvalue weighted by atomic mass is 32.2. The van der Waals surface area contributed by atoms with E-state index in [1.54, 1.807) is 0 Å². The molecular formula is C31H47NO7S. The van der Waals surface area contributed by atoms with E-state index in [4.69, 9.17) is 0 Å². The summed E-state index contributed by atoms with van der Waals surface area (Å²) in [5.41, 5.74) is -1.35. The van der Waals surface area contributed by atoms with Gasteiger partial charge in [0.05, 0.1) is 18.6 Å². The van der Waals surface area contributed by atoms with Gasteiger partial charge in [-0.1, -0.05) is 32.5 Å². The molecule has 4 aliphatic carbocycles. The quantitative estimate of drug-likeness (QED) is 0.333. The maximum atomic E-state index is 13.0. The molecule has 0 radical (unpaired) electrons. The maximum Gasteiger partial charge on any atom is 0.306 e. The molecule has 9 heteroatoms. The van der Waals surface area contributed by atoms with Crippen molar-refractivity contribution in [3.8, 4) is 0 Å². The minimum atomic E-state index is -1.64. The number of aliphatic hydroxyl groups excluding tert-OH is 2. The fourth-order valence-corrected chi connectivity index (χ4v) is 11.3. The van der Waals surface area contributed by atoms with Crippen molar-refractivity contribution in [2.75, 3.05) is 5.75 Å². The Morgan fingerprint density at radius 1 is 1.00 bits per heavy atom. The zero-order valence-electron chi connectivity index (χ0n) is 24.2. The number of aliphatic hydroxyl groups is 2. The van der Waals surface area contributed by atoms with Gasteiger partial charge in [-0.25, -0.2) is 0 Å². The number of amides is 1. The van der Waals surface area contributed by atoms with Crippen LogP contribution in [0.15, 0.2) is 0 Å². The van der Waals surface area contributed by atoms with Crippen LogP contribution in [0.25, 0.3) is 0 Å². The lowest BCUT2D eigenvalue weighted by Crippen LogP contribution is -2.59. The number of carboxylic acid groups (broad SMARTS) is 1. The van der Waals surface area contributed by atoms with Crippen LogP contribution in [-0.2, 0) is 19.2 Å². The van der Waals surface area contributed by atoms with Crippen LogP contribution in [0.2, 0.25) is 0 Å². The van der Waals surface area contributed by atoms with Crippen molar-refractivity contribution in [2.45, 2.75) is 116 Å². The number of thioether (sulfide) groups is 1. The highest BCUT2D eigenvalue weighted by Gasteiger charge is 2.63. The van der Waals surface area contributed by atoms with Crippen LogP contribution in [0.5, 0.6) is 0 Å². The number of hydrogen-bond donors (Lipinski definition) is 4. The zero-order chi connectivity index (χ0) is 29.0. The van der Waals surface area contributed by atoms with Gasteiger partial charge < -0.3 is 20.6 Å². The highest BCUT2D eigenvalue weighted by molar-refractivity contribution is 8.15. The lowest BCUT2D eigenvalue weighted by molar-refractivity contribution is -0.174. The van der Waals surface area contributed by atoms with Crippen LogP contribution in [0.1, 0.15) is 97.8 Å². The summed E-state index contributed by atoms with van der Waals surface area (Å²) in [6.45, 7) is 7.03. The summed E-state index contributed by atoms with van der Waals surface area (Å²) in [4.78, 5) is 49.2. The van der Waals surface area contributed by atoms with Crippen molar-refractivity contribution >= 4 is 34.5 Å². The third-order valence-corrected chi connectivity index (χ3v) is 13.3. The largest absolute Gasteiger partial charge is 0.481 e. The molecule has 4 saturated carbocycles. The van der Waals surface area contributed by atoms with Gasteiger partial charge in [0.25, 0.3) is 5.12 Å². The first-order valence-corrected chi connectivity index (χ1v) is 16.4. The Morgan fingerprint density at radius 2 is 1.70 bits per heavy atom. The Bertz CT molecular complexity index is 1050. The second-order valence-corrected chi connectivity index (χ2v) is 15.5. The molecule has 0 aromatic heterocycles. The number of hydrogen-bond acceptors (Lipinski definition) is 7. The van der Waals surface area contributed by atoms with Gasteiger partial charge in [-0.05, 0) is 111 Å². The fraction of sp³-hybridized carbons (Fsp3) is 0.871. The SMILES string of the molecule is C[C@H](CCC(=O)NC1(CC(=O)O)CCSC(=O)C1=O)[C@H]1CC[C@H]2[C@@H]3[C@@H](O)C[C@@H]4C[C@H](O)CC[C@]4(C)[C@H]3CC[C@]12C. The summed E-state index contributed by atoms with van der Waals surface area (Å²) >= 11 is 0.880. The number of carboxylic acids is 1. The lowest BCUT2D eigenvalue weighted by atomic mass is 9.43. The van der Waals surface area contributed by atoms with Crippen LogP contribution in [0.4, 0.5) is 0 Å². The Balaban J connectivity index is 1.24. The predicted octanol–water partition coefficient (Wildman–Crippen LogP) is 3.96. The van der Waals surface area contributed by atoms with E-state index in [0.717, 1.165) is 63.1 Å². The molecular weight excluding hydrogens is 530 g/mol. The average molecular weight is 578 g/mol. The van der Waals surface area contributed by atoms with Gasteiger partial charge in [0, 0.05) is 12.2 Å². The predicted molar refractivity (Wildman–Crippen MR) is 151 cm³/mol. The first kappa shape index (κ1) is 30.0. The third kappa shape index (κ3) is 5.06. The van der Waals surface area contributed by atoms with E-state index < -0.39 is 28.8 Å². The number of rotatable bonds is 7. The number of Topliss-reactive ketones (excluding diaryl/α,β-unsaturated/α-hetero) is 1. The third-order valence-electron chi connectivity index (χ3n) is 12.5. The second kappa shape index (κ2) is 11.0. The van der Waals surface area contributed by atoms with E-state index >= 15 is 0 Å². The minimum absolute atomic E-state index is 0.100. The first-order chi connectivity index (χ1) is 18.8. The molecule has 1 unspecified atom stereocenters. The summed E-state index contributed by atoms with van der Waals surface area (Å²) in [7, 11) is 0. The number of ketones is 1. The van der Waals surface area contributed by atoms with Gasteiger partial charge in [0.2, 0.25) is 11.7 Å². The van der Waals surface area contributed by atoms with Crippen molar-refractivity contribution < 1.29 is 34.5 Å². The topological polar surface area (TPSA) is 141 Å². The van der Waals surface area contributed by atoms with E-state index in [2.05, 4.69) is 26.1 Å². The van der Waals surface area contributed by atoms with Crippen LogP contribution in [0.3, 0.4) is 0 Å². The Kier molecular flexibility index (Phi) is 8.25. The number of fused-ring (bicyclic) bond motifs is 5. The van der Waals surface area contributed by atoms with Gasteiger partial charge in [-0.15, -0.1) is 0 Å². The molecule has 5 fully saturated rings. The lowest BCUT2D eigenvalue weighted by Gasteiger charge is -2.62. The standard InChI is InChI=1S/C31H47NO7S/c1-17(4-7-24(35)32-31(16-25(36)37)12-13-40-28(39)27(31)38)20-5-6-21-26-22(9-11-30(20,21)3)29(2)10-8-19(33)14-18(29)15-23(26)34/h17-23,26,33-34H,4-16H2,1-3H3,(H,32,35)(H,36,37)/t17-,18+,19-,20-,21+,22+,23+,26+,29+,30-,31?/m1/s1. The van der Waals surface area contributed by atoms with Crippen molar-refractivity contribution in [2.24, 2.45) is 46.3 Å². The van der Waals surface area contributed by atoms with Crippen molar-refractivity contribution in [1.29, 1.82) is 0 Å².